The first-order valence-corrected chi connectivity index (χ1v) is 10.3. The van der Waals surface area contributed by atoms with Gasteiger partial charge in [0.25, 0.3) is 5.56 Å². The van der Waals surface area contributed by atoms with E-state index in [4.69, 9.17) is 5.73 Å². The minimum absolute atomic E-state index is 0.196. The number of amides is 1. The molecule has 0 aliphatic heterocycles. The maximum absolute atomic E-state index is 13.3. The summed E-state index contributed by atoms with van der Waals surface area (Å²) in [5.74, 6) is -0.502. The molecule has 1 amide bonds. The van der Waals surface area contributed by atoms with Crippen molar-refractivity contribution in [3.63, 3.8) is 0 Å². The van der Waals surface area contributed by atoms with Crippen molar-refractivity contribution in [3.8, 4) is 0 Å². The molecule has 0 aliphatic carbocycles. The van der Waals surface area contributed by atoms with Crippen molar-refractivity contribution in [3.05, 3.63) is 140 Å². The van der Waals surface area contributed by atoms with E-state index in [0.717, 1.165) is 16.7 Å². The molecule has 0 radical (unpaired) electrons. The zero-order valence-corrected chi connectivity index (χ0v) is 17.5. The molecule has 0 spiro atoms. The maximum atomic E-state index is 13.3. The second kappa shape index (κ2) is 9.31. The Bertz CT molecular complexity index is 1340. The smallest absolute Gasteiger partial charge is 0.331 e. The Morgan fingerprint density at radius 3 is 1.84 bits per heavy atom. The SMILES string of the molecule is NC(=O)c1ccc(Cc2cn(Cc3ccccc3)c(=O)n(Cc3ccccc3)c2=O)cc1. The van der Waals surface area contributed by atoms with Crippen LogP contribution in [0.3, 0.4) is 0 Å². The second-order valence-corrected chi connectivity index (χ2v) is 7.67. The molecule has 4 rings (SSSR count). The third-order valence-electron chi connectivity index (χ3n) is 5.32. The Balaban J connectivity index is 1.76. The summed E-state index contributed by atoms with van der Waals surface area (Å²) in [5.41, 5.74) is 8.25. The van der Waals surface area contributed by atoms with Gasteiger partial charge >= 0.3 is 5.69 Å². The lowest BCUT2D eigenvalue weighted by molar-refractivity contribution is 0.100. The predicted molar refractivity (Wildman–Crippen MR) is 124 cm³/mol. The van der Waals surface area contributed by atoms with E-state index in [1.165, 1.54) is 4.57 Å². The van der Waals surface area contributed by atoms with Crippen molar-refractivity contribution in [1.82, 2.24) is 9.13 Å². The molecular weight excluding hydrogens is 402 g/mol. The van der Waals surface area contributed by atoms with Crippen LogP contribution in [0.25, 0.3) is 0 Å². The predicted octanol–water partition coefficient (Wildman–Crippen LogP) is 2.80. The summed E-state index contributed by atoms with van der Waals surface area (Å²) < 4.78 is 2.86. The number of carbonyl (C=O) groups is 1. The molecule has 0 aliphatic rings. The highest BCUT2D eigenvalue weighted by atomic mass is 16.2. The van der Waals surface area contributed by atoms with Crippen molar-refractivity contribution in [2.45, 2.75) is 19.5 Å². The van der Waals surface area contributed by atoms with E-state index in [2.05, 4.69) is 0 Å². The van der Waals surface area contributed by atoms with Crippen LogP contribution in [0.1, 0.15) is 32.6 Å². The molecule has 4 aromatic rings. The lowest BCUT2D eigenvalue weighted by Gasteiger charge is -2.14. The van der Waals surface area contributed by atoms with Gasteiger partial charge in [0.15, 0.2) is 0 Å². The van der Waals surface area contributed by atoms with E-state index in [9.17, 15) is 14.4 Å². The second-order valence-electron chi connectivity index (χ2n) is 7.67. The first-order chi connectivity index (χ1) is 15.5. The molecule has 2 N–H and O–H groups in total. The van der Waals surface area contributed by atoms with Crippen LogP contribution in [0.2, 0.25) is 0 Å². The van der Waals surface area contributed by atoms with Gasteiger partial charge in [0.05, 0.1) is 13.1 Å². The number of primary amides is 1. The average Bonchev–Trinajstić information content (AvgIpc) is 2.81. The van der Waals surface area contributed by atoms with Gasteiger partial charge in [-0.25, -0.2) is 4.79 Å². The molecule has 0 atom stereocenters. The number of hydrogen-bond donors (Lipinski definition) is 1. The molecule has 0 saturated heterocycles. The Morgan fingerprint density at radius 1 is 0.719 bits per heavy atom. The summed E-state index contributed by atoms with van der Waals surface area (Å²) in [4.78, 5) is 37.8. The number of hydrogen-bond acceptors (Lipinski definition) is 3. The molecule has 3 aromatic carbocycles. The van der Waals surface area contributed by atoms with Crippen LogP contribution in [0.15, 0.2) is 101 Å². The molecule has 6 heteroatoms. The average molecular weight is 425 g/mol. The van der Waals surface area contributed by atoms with Gasteiger partial charge in [0.2, 0.25) is 5.91 Å². The monoisotopic (exact) mass is 425 g/mol. The summed E-state index contributed by atoms with van der Waals surface area (Å²) in [6, 6.07) is 25.9. The van der Waals surface area contributed by atoms with E-state index in [1.54, 1.807) is 35.0 Å². The Kier molecular flexibility index (Phi) is 6.12. The fourth-order valence-electron chi connectivity index (χ4n) is 3.64. The Labute approximate surface area is 185 Å². The first-order valence-electron chi connectivity index (χ1n) is 10.3. The van der Waals surface area contributed by atoms with Crippen LogP contribution >= 0.6 is 0 Å². The van der Waals surface area contributed by atoms with Gasteiger partial charge < -0.3 is 5.73 Å². The number of rotatable bonds is 7. The molecule has 0 saturated carbocycles. The number of aromatic nitrogens is 2. The molecular formula is C26H23N3O3. The Hall–Kier alpha value is -4.19. The van der Waals surface area contributed by atoms with Crippen LogP contribution in [-0.4, -0.2) is 15.0 Å². The van der Waals surface area contributed by atoms with E-state index in [0.29, 0.717) is 24.1 Å². The third kappa shape index (κ3) is 4.75. The van der Waals surface area contributed by atoms with Crippen LogP contribution in [-0.2, 0) is 19.5 Å². The molecule has 1 aromatic heterocycles. The Morgan fingerprint density at radius 2 is 1.28 bits per heavy atom. The van der Waals surface area contributed by atoms with Crippen LogP contribution in [0.5, 0.6) is 0 Å². The van der Waals surface area contributed by atoms with Crippen LogP contribution in [0, 0.1) is 0 Å². The van der Waals surface area contributed by atoms with Crippen molar-refractivity contribution in [1.29, 1.82) is 0 Å². The van der Waals surface area contributed by atoms with Crippen molar-refractivity contribution < 1.29 is 4.79 Å². The summed E-state index contributed by atoms with van der Waals surface area (Å²) in [6.07, 6.45) is 1.98. The molecule has 32 heavy (non-hydrogen) atoms. The van der Waals surface area contributed by atoms with Gasteiger partial charge in [-0.2, -0.15) is 0 Å². The molecule has 160 valence electrons. The standard InChI is InChI=1S/C26H23N3O3/c27-24(30)22-13-11-19(12-14-22)15-23-18-28(16-20-7-3-1-4-8-20)26(32)29(25(23)31)17-21-9-5-2-6-10-21/h1-14,18H,15-17H2,(H2,27,30). The van der Waals surface area contributed by atoms with Crippen molar-refractivity contribution in [2.75, 3.05) is 0 Å². The molecule has 0 unspecified atom stereocenters. The van der Waals surface area contributed by atoms with Gasteiger partial charge in [-0.15, -0.1) is 0 Å². The highest BCUT2D eigenvalue weighted by Gasteiger charge is 2.13. The molecule has 6 nitrogen and oxygen atoms in total. The van der Waals surface area contributed by atoms with Crippen LogP contribution < -0.4 is 17.0 Å². The number of carbonyl (C=O) groups excluding carboxylic acids is 1. The first kappa shape index (κ1) is 21.1. The fourth-order valence-corrected chi connectivity index (χ4v) is 3.64. The summed E-state index contributed by atoms with van der Waals surface area (Å²) in [7, 11) is 0. The highest BCUT2D eigenvalue weighted by molar-refractivity contribution is 5.92. The van der Waals surface area contributed by atoms with Gasteiger partial charge in [-0.1, -0.05) is 72.8 Å². The maximum Gasteiger partial charge on any atom is 0.331 e. The van der Waals surface area contributed by atoms with E-state index < -0.39 is 5.91 Å². The molecule has 0 fully saturated rings. The number of nitrogens with two attached hydrogens (primary N) is 1. The fraction of sp³-hybridized carbons (Fsp3) is 0.115. The lowest BCUT2D eigenvalue weighted by Crippen LogP contribution is -2.41. The van der Waals surface area contributed by atoms with Crippen molar-refractivity contribution in [2.24, 2.45) is 5.73 Å². The third-order valence-corrected chi connectivity index (χ3v) is 5.32. The zero-order valence-electron chi connectivity index (χ0n) is 17.5. The summed E-state index contributed by atoms with van der Waals surface area (Å²) in [6.45, 7) is 0.560. The quantitative estimate of drug-likeness (QED) is 0.494. The topological polar surface area (TPSA) is 87.1 Å². The van der Waals surface area contributed by atoms with Crippen LogP contribution in [0.4, 0.5) is 0 Å². The van der Waals surface area contributed by atoms with Gasteiger partial charge in [-0.05, 0) is 28.8 Å². The van der Waals surface area contributed by atoms with Gasteiger partial charge in [0, 0.05) is 23.7 Å². The minimum Gasteiger partial charge on any atom is -0.366 e. The summed E-state index contributed by atoms with van der Waals surface area (Å²) >= 11 is 0. The largest absolute Gasteiger partial charge is 0.366 e. The van der Waals surface area contributed by atoms with E-state index >= 15 is 0 Å². The highest BCUT2D eigenvalue weighted by Crippen LogP contribution is 2.09. The molecule has 1 heterocycles. The van der Waals surface area contributed by atoms with Gasteiger partial charge in [0.1, 0.15) is 0 Å². The normalized spacial score (nSPS) is 10.8. The van der Waals surface area contributed by atoms with Gasteiger partial charge in [-0.3, -0.25) is 18.7 Å². The lowest BCUT2D eigenvalue weighted by atomic mass is 10.0. The van der Waals surface area contributed by atoms with E-state index in [-0.39, 0.29) is 17.8 Å². The number of benzene rings is 3. The van der Waals surface area contributed by atoms with E-state index in [1.807, 2.05) is 60.7 Å². The summed E-state index contributed by atoms with van der Waals surface area (Å²) in [5, 5.41) is 0. The van der Waals surface area contributed by atoms with Crippen molar-refractivity contribution >= 4 is 5.91 Å². The zero-order chi connectivity index (χ0) is 22.5. The minimum atomic E-state index is -0.502. The molecule has 0 bridgehead atoms. The number of nitrogens with zero attached hydrogens (tertiary/aromatic N) is 2.